The number of benzene rings is 2. The number of nitrogens with zero attached hydrogens (tertiary/aromatic N) is 3. The monoisotopic (exact) mass is 483 g/mol. The van der Waals surface area contributed by atoms with Crippen molar-refractivity contribution in [2.24, 2.45) is 0 Å². The van der Waals surface area contributed by atoms with Crippen LogP contribution in [0.5, 0.6) is 5.75 Å². The van der Waals surface area contributed by atoms with Crippen molar-refractivity contribution in [3.63, 3.8) is 0 Å². The summed E-state index contributed by atoms with van der Waals surface area (Å²) in [5.74, 6) is -0.0865. The molecule has 1 atom stereocenters. The second kappa shape index (κ2) is 8.57. The number of thiophene rings is 1. The number of hydrogen-bond acceptors (Lipinski definition) is 4. The molecule has 0 amide bonds. The molecular weight excluding hydrogens is 466 g/mol. The van der Waals surface area contributed by atoms with E-state index in [9.17, 15) is 17.6 Å². The first kappa shape index (κ1) is 22.1. The minimum Gasteiger partial charge on any atom is -0.485 e. The van der Waals surface area contributed by atoms with Crippen molar-refractivity contribution in [2.45, 2.75) is 19.2 Å². The van der Waals surface area contributed by atoms with Crippen LogP contribution in [0.3, 0.4) is 0 Å². The number of rotatable bonds is 5. The van der Waals surface area contributed by atoms with Crippen molar-refractivity contribution < 1.29 is 22.3 Å². The maximum Gasteiger partial charge on any atom is 0.416 e. The molecular formula is C25H17F4N3OS. The molecule has 0 saturated carbocycles. The van der Waals surface area contributed by atoms with Gasteiger partial charge in [0.05, 0.1) is 16.6 Å². The number of alkyl halides is 3. The van der Waals surface area contributed by atoms with Gasteiger partial charge in [0, 0.05) is 29.3 Å². The van der Waals surface area contributed by atoms with Crippen LogP contribution in [0.2, 0.25) is 0 Å². The van der Waals surface area contributed by atoms with Crippen molar-refractivity contribution in [1.82, 2.24) is 14.5 Å². The van der Waals surface area contributed by atoms with Gasteiger partial charge in [-0.2, -0.15) is 17.6 Å². The van der Waals surface area contributed by atoms with Crippen molar-refractivity contribution in [1.29, 1.82) is 0 Å². The van der Waals surface area contributed by atoms with Gasteiger partial charge in [-0.05, 0) is 42.3 Å². The highest BCUT2D eigenvalue weighted by atomic mass is 32.1. The lowest BCUT2D eigenvalue weighted by atomic mass is 10.0. The highest BCUT2D eigenvalue weighted by Gasteiger charge is 2.34. The van der Waals surface area contributed by atoms with Crippen LogP contribution in [0.4, 0.5) is 17.6 Å². The SMILES string of the molecule is C[C@@H](Oc1csc(-n2cnc3cc(-c4ccnc(F)c4)ccc32)c1)c1ccccc1C(F)(F)F. The van der Waals surface area contributed by atoms with Crippen molar-refractivity contribution in [2.75, 3.05) is 0 Å². The molecule has 0 unspecified atom stereocenters. The number of halogens is 4. The Morgan fingerprint density at radius 1 is 0.971 bits per heavy atom. The lowest BCUT2D eigenvalue weighted by molar-refractivity contribution is -0.138. The second-order valence-electron chi connectivity index (χ2n) is 7.65. The van der Waals surface area contributed by atoms with Gasteiger partial charge in [0.1, 0.15) is 23.2 Å². The molecule has 3 aromatic heterocycles. The molecule has 0 fully saturated rings. The average Bonchev–Trinajstić information content (AvgIpc) is 3.44. The smallest absolute Gasteiger partial charge is 0.416 e. The zero-order chi connectivity index (χ0) is 23.9. The van der Waals surface area contributed by atoms with Crippen LogP contribution in [-0.2, 0) is 6.18 Å². The molecule has 0 aliphatic carbocycles. The molecule has 0 N–H and O–H groups in total. The van der Waals surface area contributed by atoms with Crippen molar-refractivity contribution in [3.8, 4) is 21.9 Å². The van der Waals surface area contributed by atoms with E-state index >= 15 is 0 Å². The molecule has 4 nitrogen and oxygen atoms in total. The normalized spacial score (nSPS) is 12.7. The predicted molar refractivity (Wildman–Crippen MR) is 123 cm³/mol. The number of hydrogen-bond donors (Lipinski definition) is 0. The fourth-order valence-electron chi connectivity index (χ4n) is 3.82. The van der Waals surface area contributed by atoms with E-state index < -0.39 is 23.8 Å². The summed E-state index contributed by atoms with van der Waals surface area (Å²) in [7, 11) is 0. The topological polar surface area (TPSA) is 39.9 Å². The maximum absolute atomic E-state index is 13.5. The first-order valence-corrected chi connectivity index (χ1v) is 11.2. The molecule has 3 heterocycles. The van der Waals surface area contributed by atoms with E-state index in [1.54, 1.807) is 36.8 Å². The van der Waals surface area contributed by atoms with Crippen LogP contribution in [0.25, 0.3) is 27.2 Å². The van der Waals surface area contributed by atoms with Gasteiger partial charge in [-0.3, -0.25) is 4.57 Å². The van der Waals surface area contributed by atoms with Gasteiger partial charge in [0.2, 0.25) is 5.95 Å². The summed E-state index contributed by atoms with van der Waals surface area (Å²) in [6, 6.07) is 15.9. The molecule has 5 aromatic rings. The fourth-order valence-corrected chi connectivity index (χ4v) is 4.63. The first-order chi connectivity index (χ1) is 16.3. The van der Waals surface area contributed by atoms with E-state index in [0.29, 0.717) is 11.3 Å². The summed E-state index contributed by atoms with van der Waals surface area (Å²) in [6.45, 7) is 1.60. The molecule has 0 spiro atoms. The minimum absolute atomic E-state index is 0.0795. The zero-order valence-corrected chi connectivity index (χ0v) is 18.6. The molecule has 0 aliphatic rings. The molecule has 5 rings (SSSR count). The number of aromatic nitrogens is 3. The zero-order valence-electron chi connectivity index (χ0n) is 17.8. The van der Waals surface area contributed by atoms with Crippen LogP contribution < -0.4 is 4.74 Å². The van der Waals surface area contributed by atoms with Gasteiger partial charge < -0.3 is 4.74 Å². The van der Waals surface area contributed by atoms with Gasteiger partial charge in [-0.25, -0.2) is 9.97 Å². The lowest BCUT2D eigenvalue weighted by Crippen LogP contribution is -2.13. The summed E-state index contributed by atoms with van der Waals surface area (Å²) in [6.07, 6.45) is -2.16. The number of ether oxygens (including phenoxy) is 1. The number of imidazole rings is 1. The Hall–Kier alpha value is -3.72. The van der Waals surface area contributed by atoms with E-state index in [1.165, 1.54) is 35.7 Å². The summed E-state index contributed by atoms with van der Waals surface area (Å²) in [4.78, 5) is 8.03. The summed E-state index contributed by atoms with van der Waals surface area (Å²) in [5, 5.41) is 2.55. The van der Waals surface area contributed by atoms with Gasteiger partial charge >= 0.3 is 6.18 Å². The van der Waals surface area contributed by atoms with E-state index in [0.717, 1.165) is 27.7 Å². The van der Waals surface area contributed by atoms with Crippen molar-refractivity contribution in [3.05, 3.63) is 95.6 Å². The third-order valence-electron chi connectivity index (χ3n) is 5.42. The highest BCUT2D eigenvalue weighted by molar-refractivity contribution is 7.12. The molecule has 9 heteroatoms. The average molecular weight is 483 g/mol. The van der Waals surface area contributed by atoms with Crippen LogP contribution in [-0.4, -0.2) is 14.5 Å². The van der Waals surface area contributed by atoms with Gasteiger partial charge in [0.25, 0.3) is 0 Å². The Labute approximate surface area is 196 Å². The second-order valence-corrected chi connectivity index (χ2v) is 8.54. The highest BCUT2D eigenvalue weighted by Crippen LogP contribution is 2.37. The Kier molecular flexibility index (Phi) is 5.57. The third kappa shape index (κ3) is 4.26. The van der Waals surface area contributed by atoms with Crippen LogP contribution >= 0.6 is 11.3 Å². The van der Waals surface area contributed by atoms with Gasteiger partial charge in [-0.15, -0.1) is 11.3 Å². The molecule has 34 heavy (non-hydrogen) atoms. The summed E-state index contributed by atoms with van der Waals surface area (Å²) < 4.78 is 61.3. The summed E-state index contributed by atoms with van der Waals surface area (Å²) >= 11 is 1.39. The molecule has 0 bridgehead atoms. The van der Waals surface area contributed by atoms with E-state index in [-0.39, 0.29) is 5.56 Å². The first-order valence-electron chi connectivity index (χ1n) is 10.3. The summed E-state index contributed by atoms with van der Waals surface area (Å²) in [5.41, 5.74) is 2.44. The van der Waals surface area contributed by atoms with E-state index in [4.69, 9.17) is 4.74 Å². The molecule has 2 aromatic carbocycles. The molecule has 0 aliphatic heterocycles. The Bertz CT molecular complexity index is 1470. The molecule has 0 saturated heterocycles. The van der Waals surface area contributed by atoms with Gasteiger partial charge in [-0.1, -0.05) is 24.3 Å². The predicted octanol–water partition coefficient (Wildman–Crippen LogP) is 7.45. The molecule has 172 valence electrons. The van der Waals surface area contributed by atoms with Crippen molar-refractivity contribution >= 4 is 22.4 Å². The Balaban J connectivity index is 1.40. The lowest BCUT2D eigenvalue weighted by Gasteiger charge is -2.19. The Morgan fingerprint density at radius 2 is 1.76 bits per heavy atom. The maximum atomic E-state index is 13.5. The van der Waals surface area contributed by atoms with Gasteiger partial charge in [0.15, 0.2) is 0 Å². The standard InChI is InChI=1S/C25H17F4N3OS/c1-15(19-4-2-3-5-20(19)25(27,28)29)33-18-12-24(34-13-18)32-14-31-21-10-16(6-7-22(21)32)17-8-9-30-23(26)11-17/h2-15H,1H3/t15-/m1/s1. The number of pyridine rings is 1. The minimum atomic E-state index is -4.45. The van der Waals surface area contributed by atoms with Crippen LogP contribution in [0, 0.1) is 5.95 Å². The largest absolute Gasteiger partial charge is 0.485 e. The Morgan fingerprint density at radius 3 is 2.56 bits per heavy atom. The van der Waals surface area contributed by atoms with Crippen LogP contribution in [0.1, 0.15) is 24.2 Å². The number of fused-ring (bicyclic) bond motifs is 1. The third-order valence-corrected chi connectivity index (χ3v) is 6.33. The van der Waals surface area contributed by atoms with Crippen LogP contribution in [0.15, 0.2) is 78.6 Å². The molecule has 0 radical (unpaired) electrons. The van der Waals surface area contributed by atoms with E-state index in [2.05, 4.69) is 9.97 Å². The quantitative estimate of drug-likeness (QED) is 0.193. The fraction of sp³-hybridized carbons (Fsp3) is 0.120. The van der Waals surface area contributed by atoms with E-state index in [1.807, 2.05) is 22.8 Å².